The number of nitrogens with zero attached hydrogens (tertiary/aromatic N) is 2. The van der Waals surface area contributed by atoms with Gasteiger partial charge in [0.15, 0.2) is 11.5 Å². The van der Waals surface area contributed by atoms with Crippen LogP contribution in [0.3, 0.4) is 0 Å². The summed E-state index contributed by atoms with van der Waals surface area (Å²) in [6.07, 6.45) is 1.51. The molecule has 1 aliphatic heterocycles. The van der Waals surface area contributed by atoms with Crippen LogP contribution >= 0.6 is 0 Å². The van der Waals surface area contributed by atoms with Crippen LogP contribution in [0.5, 0.6) is 0 Å². The van der Waals surface area contributed by atoms with Crippen molar-refractivity contribution in [3.05, 3.63) is 29.3 Å². The first kappa shape index (κ1) is 10.0. The molecule has 1 atom stereocenters. The zero-order chi connectivity index (χ0) is 10.7. The molecule has 15 heavy (non-hydrogen) atoms. The van der Waals surface area contributed by atoms with Gasteiger partial charge in [0, 0.05) is 12.7 Å². The van der Waals surface area contributed by atoms with E-state index in [2.05, 4.69) is 10.3 Å². The van der Waals surface area contributed by atoms with Crippen LogP contribution in [0.25, 0.3) is 0 Å². The number of hydrogen-bond acceptors (Lipinski definition) is 4. The second-order valence-electron chi connectivity index (χ2n) is 3.29. The average Bonchev–Trinajstić information content (AvgIpc) is 2.30. The van der Waals surface area contributed by atoms with Gasteiger partial charge in [0.2, 0.25) is 0 Å². The van der Waals surface area contributed by atoms with Crippen LogP contribution in [0.15, 0.2) is 12.3 Å². The summed E-state index contributed by atoms with van der Waals surface area (Å²) >= 11 is 0. The van der Waals surface area contributed by atoms with E-state index in [9.17, 15) is 4.39 Å². The van der Waals surface area contributed by atoms with Gasteiger partial charge < -0.3 is 10.1 Å². The Kier molecular flexibility index (Phi) is 2.90. The highest BCUT2D eigenvalue weighted by Gasteiger charge is 2.17. The molecular formula is C10H10FN3O. The molecule has 78 valence electrons. The van der Waals surface area contributed by atoms with Gasteiger partial charge in [-0.1, -0.05) is 0 Å². The van der Waals surface area contributed by atoms with E-state index in [0.717, 1.165) is 6.54 Å². The normalized spacial score (nSPS) is 20.9. The molecule has 2 heterocycles. The standard InChI is InChI=1S/C10H10FN3O/c11-8-3-7(5-14-9(8)4-12)10-6-15-2-1-13-10/h3,5,10,13H,1-2,6H2/t10-/m0/s1. The lowest BCUT2D eigenvalue weighted by Crippen LogP contribution is -2.34. The molecule has 1 saturated heterocycles. The molecule has 4 nitrogen and oxygen atoms in total. The Balaban J connectivity index is 2.22. The zero-order valence-electron chi connectivity index (χ0n) is 8.03. The number of aromatic nitrogens is 1. The molecule has 0 bridgehead atoms. The Bertz CT molecular complexity index is 396. The number of halogens is 1. The van der Waals surface area contributed by atoms with Gasteiger partial charge in [-0.25, -0.2) is 9.37 Å². The largest absolute Gasteiger partial charge is 0.378 e. The van der Waals surface area contributed by atoms with Crippen molar-refractivity contribution < 1.29 is 9.13 Å². The van der Waals surface area contributed by atoms with E-state index in [0.29, 0.717) is 18.8 Å². The molecule has 1 aromatic heterocycles. The van der Waals surface area contributed by atoms with Crippen LogP contribution in [0.4, 0.5) is 4.39 Å². The quantitative estimate of drug-likeness (QED) is 0.738. The maximum Gasteiger partial charge on any atom is 0.176 e. The second kappa shape index (κ2) is 4.34. The topological polar surface area (TPSA) is 57.9 Å². The van der Waals surface area contributed by atoms with Gasteiger partial charge in [0.25, 0.3) is 0 Å². The average molecular weight is 207 g/mol. The van der Waals surface area contributed by atoms with Gasteiger partial charge in [-0.3, -0.25) is 0 Å². The Morgan fingerprint density at radius 3 is 3.13 bits per heavy atom. The molecule has 0 radical (unpaired) electrons. The summed E-state index contributed by atoms with van der Waals surface area (Å²) in [6, 6.07) is 2.99. The highest BCUT2D eigenvalue weighted by molar-refractivity contribution is 5.27. The van der Waals surface area contributed by atoms with Gasteiger partial charge >= 0.3 is 0 Å². The highest BCUT2D eigenvalue weighted by Crippen LogP contribution is 2.16. The summed E-state index contributed by atoms with van der Waals surface area (Å²) in [5.41, 5.74) is 0.543. The summed E-state index contributed by atoms with van der Waals surface area (Å²) in [6.45, 7) is 1.92. The van der Waals surface area contributed by atoms with E-state index in [1.165, 1.54) is 12.3 Å². The second-order valence-corrected chi connectivity index (χ2v) is 3.29. The van der Waals surface area contributed by atoms with Crippen molar-refractivity contribution in [1.29, 1.82) is 5.26 Å². The van der Waals surface area contributed by atoms with Gasteiger partial charge in [-0.2, -0.15) is 5.26 Å². The van der Waals surface area contributed by atoms with Crippen molar-refractivity contribution >= 4 is 0 Å². The zero-order valence-corrected chi connectivity index (χ0v) is 8.03. The first-order valence-corrected chi connectivity index (χ1v) is 4.68. The number of nitrogens with one attached hydrogen (secondary N) is 1. The summed E-state index contributed by atoms with van der Waals surface area (Å²) in [4.78, 5) is 3.74. The minimum Gasteiger partial charge on any atom is -0.378 e. The van der Waals surface area contributed by atoms with Crippen molar-refractivity contribution in [2.75, 3.05) is 19.8 Å². The number of nitriles is 1. The Hall–Kier alpha value is -1.51. The van der Waals surface area contributed by atoms with Crippen LogP contribution in [0.2, 0.25) is 0 Å². The van der Waals surface area contributed by atoms with E-state index in [-0.39, 0.29) is 11.7 Å². The Labute approximate surface area is 86.7 Å². The molecular weight excluding hydrogens is 197 g/mol. The van der Waals surface area contributed by atoms with Crippen LogP contribution in [-0.4, -0.2) is 24.7 Å². The van der Waals surface area contributed by atoms with Crippen LogP contribution in [-0.2, 0) is 4.74 Å². The van der Waals surface area contributed by atoms with Crippen molar-refractivity contribution in [2.24, 2.45) is 0 Å². The molecule has 2 rings (SSSR count). The predicted molar refractivity (Wildman–Crippen MR) is 50.5 cm³/mol. The third kappa shape index (κ3) is 2.12. The molecule has 5 heteroatoms. The van der Waals surface area contributed by atoms with Crippen molar-refractivity contribution in [1.82, 2.24) is 10.3 Å². The van der Waals surface area contributed by atoms with Crippen molar-refractivity contribution in [3.8, 4) is 6.07 Å². The first-order chi connectivity index (χ1) is 7.31. The Morgan fingerprint density at radius 2 is 2.53 bits per heavy atom. The predicted octanol–water partition coefficient (Wildman–Crippen LogP) is 0.753. The van der Waals surface area contributed by atoms with Crippen LogP contribution in [0.1, 0.15) is 17.3 Å². The SMILES string of the molecule is N#Cc1ncc([C@@H]2COCCN2)cc1F. The molecule has 0 unspecified atom stereocenters. The van der Waals surface area contributed by atoms with Gasteiger partial charge in [0.05, 0.1) is 19.3 Å². The highest BCUT2D eigenvalue weighted by atomic mass is 19.1. The number of rotatable bonds is 1. The number of pyridine rings is 1. The minimum atomic E-state index is -0.581. The molecule has 0 aromatic carbocycles. The maximum absolute atomic E-state index is 13.3. The van der Waals surface area contributed by atoms with Gasteiger partial charge in [-0.15, -0.1) is 0 Å². The number of hydrogen-bond donors (Lipinski definition) is 1. The lowest BCUT2D eigenvalue weighted by Gasteiger charge is -2.23. The molecule has 0 spiro atoms. The third-order valence-electron chi connectivity index (χ3n) is 2.29. The van der Waals surface area contributed by atoms with E-state index >= 15 is 0 Å². The molecule has 0 saturated carbocycles. The summed E-state index contributed by atoms with van der Waals surface area (Å²) < 4.78 is 18.5. The van der Waals surface area contributed by atoms with E-state index in [4.69, 9.17) is 10.00 Å². The third-order valence-corrected chi connectivity index (χ3v) is 2.29. The van der Waals surface area contributed by atoms with Crippen LogP contribution < -0.4 is 5.32 Å². The number of morpholine rings is 1. The number of ether oxygens (including phenoxy) is 1. The molecule has 0 amide bonds. The fourth-order valence-corrected chi connectivity index (χ4v) is 1.51. The molecule has 1 fully saturated rings. The molecule has 1 aliphatic rings. The minimum absolute atomic E-state index is 0.0338. The smallest absolute Gasteiger partial charge is 0.176 e. The summed E-state index contributed by atoms with van der Waals surface area (Å²) in [7, 11) is 0. The van der Waals surface area contributed by atoms with Gasteiger partial charge in [-0.05, 0) is 11.6 Å². The first-order valence-electron chi connectivity index (χ1n) is 4.68. The monoisotopic (exact) mass is 207 g/mol. The summed E-state index contributed by atoms with van der Waals surface area (Å²) in [5.74, 6) is -0.581. The summed E-state index contributed by atoms with van der Waals surface area (Å²) in [5, 5.41) is 11.7. The van der Waals surface area contributed by atoms with Crippen molar-refractivity contribution in [2.45, 2.75) is 6.04 Å². The lowest BCUT2D eigenvalue weighted by molar-refractivity contribution is 0.0767. The molecule has 0 aliphatic carbocycles. The van der Waals surface area contributed by atoms with Crippen molar-refractivity contribution in [3.63, 3.8) is 0 Å². The van der Waals surface area contributed by atoms with Gasteiger partial charge in [0.1, 0.15) is 6.07 Å². The molecule has 1 aromatic rings. The maximum atomic E-state index is 13.3. The lowest BCUT2D eigenvalue weighted by atomic mass is 10.1. The van der Waals surface area contributed by atoms with E-state index in [1.807, 2.05) is 0 Å². The Morgan fingerprint density at radius 1 is 1.67 bits per heavy atom. The fourth-order valence-electron chi connectivity index (χ4n) is 1.51. The van der Waals surface area contributed by atoms with E-state index in [1.54, 1.807) is 6.07 Å². The van der Waals surface area contributed by atoms with Crippen LogP contribution in [0, 0.1) is 17.1 Å². The van der Waals surface area contributed by atoms with E-state index < -0.39 is 5.82 Å². The molecule has 1 N–H and O–H groups in total. The fraction of sp³-hybridized carbons (Fsp3) is 0.400.